The van der Waals surface area contributed by atoms with E-state index >= 15 is 0 Å². The molecule has 3 heterocycles. The molecule has 5 nitrogen and oxygen atoms in total. The monoisotopic (exact) mass is 426 g/mol. The van der Waals surface area contributed by atoms with Crippen molar-refractivity contribution in [2.75, 3.05) is 24.5 Å². The molecule has 0 saturated carbocycles. The van der Waals surface area contributed by atoms with Crippen LogP contribution in [0.25, 0.3) is 10.1 Å². The Kier molecular flexibility index (Phi) is 4.49. The Balaban J connectivity index is 1.44. The quantitative estimate of drug-likeness (QED) is 0.633. The lowest BCUT2D eigenvalue weighted by Crippen LogP contribution is -2.49. The number of hydrogen-bond donors (Lipinski definition) is 0. The van der Waals surface area contributed by atoms with E-state index in [9.17, 15) is 13.2 Å². The van der Waals surface area contributed by atoms with Crippen LogP contribution in [0.3, 0.4) is 0 Å². The van der Waals surface area contributed by atoms with Crippen molar-refractivity contribution in [3.8, 4) is 0 Å². The van der Waals surface area contributed by atoms with E-state index in [1.54, 1.807) is 6.07 Å². The number of nitrogens with zero attached hydrogens (tertiary/aromatic N) is 2. The maximum absolute atomic E-state index is 13.4. The average Bonchev–Trinajstić information content (AvgIpc) is 3.32. The van der Waals surface area contributed by atoms with Crippen molar-refractivity contribution in [3.63, 3.8) is 0 Å². The molecule has 1 atom stereocenters. The predicted molar refractivity (Wildman–Crippen MR) is 116 cm³/mol. The van der Waals surface area contributed by atoms with Crippen molar-refractivity contribution < 1.29 is 13.2 Å². The maximum Gasteiger partial charge on any atom is 0.252 e. The first-order chi connectivity index (χ1) is 14.0. The molecule has 0 bridgehead atoms. The molecule has 7 heteroatoms. The van der Waals surface area contributed by atoms with Crippen molar-refractivity contribution in [2.45, 2.75) is 23.5 Å². The highest BCUT2D eigenvalue weighted by atomic mass is 32.2. The van der Waals surface area contributed by atoms with Gasteiger partial charge in [0.2, 0.25) is 5.91 Å². The van der Waals surface area contributed by atoms with Gasteiger partial charge in [-0.15, -0.1) is 11.3 Å². The fourth-order valence-corrected chi connectivity index (χ4v) is 7.68. The summed E-state index contributed by atoms with van der Waals surface area (Å²) in [5, 5.41) is 0.940. The lowest BCUT2D eigenvalue weighted by atomic mass is 9.79. The highest BCUT2D eigenvalue weighted by Gasteiger charge is 2.51. The van der Waals surface area contributed by atoms with Crippen LogP contribution in [0.4, 0.5) is 5.69 Å². The van der Waals surface area contributed by atoms with Gasteiger partial charge in [0.25, 0.3) is 10.0 Å². The van der Waals surface area contributed by atoms with Gasteiger partial charge in [-0.25, -0.2) is 8.42 Å². The maximum atomic E-state index is 13.4. The number of para-hydroxylation sites is 1. The second-order valence-electron chi connectivity index (χ2n) is 7.87. The molecule has 1 aromatic heterocycles. The standard InChI is InChI=1S/C22H22N2O3S2/c25-21-22(12-14-24(21)18-8-2-1-3-9-18)11-6-13-23(16-22)29(26,27)20-15-17-7-4-5-10-19(17)28-20/h1-5,7-10,15H,6,11-14,16H2. The van der Waals surface area contributed by atoms with E-state index in [0.29, 0.717) is 30.1 Å². The number of sulfonamides is 1. The summed E-state index contributed by atoms with van der Waals surface area (Å²) in [7, 11) is -3.61. The van der Waals surface area contributed by atoms with Gasteiger partial charge in [-0.3, -0.25) is 4.79 Å². The second-order valence-corrected chi connectivity index (χ2v) is 11.1. The van der Waals surface area contributed by atoms with Gasteiger partial charge in [0.15, 0.2) is 0 Å². The summed E-state index contributed by atoms with van der Waals surface area (Å²) in [5.41, 5.74) is 0.275. The minimum Gasteiger partial charge on any atom is -0.312 e. The molecule has 1 unspecified atom stereocenters. The molecule has 2 aliphatic rings. The Bertz CT molecular complexity index is 1140. The summed E-state index contributed by atoms with van der Waals surface area (Å²) in [4.78, 5) is 15.2. The van der Waals surface area contributed by atoms with Gasteiger partial charge in [0.1, 0.15) is 4.21 Å². The fourth-order valence-electron chi connectivity index (χ4n) is 4.56. The number of benzene rings is 2. The molecule has 0 radical (unpaired) electrons. The molecule has 0 aliphatic carbocycles. The van der Waals surface area contributed by atoms with Crippen LogP contribution in [-0.2, 0) is 14.8 Å². The van der Waals surface area contributed by atoms with Gasteiger partial charge in [0, 0.05) is 30.0 Å². The zero-order valence-corrected chi connectivity index (χ0v) is 17.6. The number of fused-ring (bicyclic) bond motifs is 1. The number of amides is 1. The van der Waals surface area contributed by atoms with Crippen LogP contribution in [0.5, 0.6) is 0 Å². The van der Waals surface area contributed by atoms with E-state index in [1.807, 2.05) is 59.5 Å². The van der Waals surface area contributed by atoms with Crippen molar-refractivity contribution in [2.24, 2.45) is 5.41 Å². The first-order valence-electron chi connectivity index (χ1n) is 9.85. The van der Waals surface area contributed by atoms with Gasteiger partial charge in [-0.05, 0) is 48.9 Å². The first-order valence-corrected chi connectivity index (χ1v) is 12.1. The Labute approximate surface area is 174 Å². The molecular weight excluding hydrogens is 404 g/mol. The van der Waals surface area contributed by atoms with Crippen LogP contribution in [0.2, 0.25) is 0 Å². The molecule has 5 rings (SSSR count). The van der Waals surface area contributed by atoms with Crippen LogP contribution in [0.1, 0.15) is 19.3 Å². The minimum atomic E-state index is -3.61. The van der Waals surface area contributed by atoms with E-state index in [0.717, 1.165) is 22.2 Å². The molecule has 1 spiro atoms. The van der Waals surface area contributed by atoms with Crippen LogP contribution < -0.4 is 4.90 Å². The van der Waals surface area contributed by atoms with Crippen LogP contribution in [0.15, 0.2) is 64.9 Å². The Hall–Kier alpha value is -2.22. The molecule has 2 saturated heterocycles. The molecule has 29 heavy (non-hydrogen) atoms. The van der Waals surface area contributed by atoms with Gasteiger partial charge in [-0.1, -0.05) is 36.4 Å². The van der Waals surface area contributed by atoms with E-state index < -0.39 is 15.4 Å². The lowest BCUT2D eigenvalue weighted by molar-refractivity contribution is -0.127. The van der Waals surface area contributed by atoms with Crippen molar-refractivity contribution in [3.05, 3.63) is 60.7 Å². The number of piperidine rings is 1. The molecule has 2 fully saturated rings. The van der Waals surface area contributed by atoms with E-state index in [-0.39, 0.29) is 12.5 Å². The highest BCUT2D eigenvalue weighted by Crippen LogP contribution is 2.43. The normalized spacial score (nSPS) is 23.3. The lowest BCUT2D eigenvalue weighted by Gasteiger charge is -2.38. The average molecular weight is 427 g/mol. The SMILES string of the molecule is O=C1N(c2ccccc2)CCC12CCCN(S(=O)(=O)c1cc3ccccc3s1)C2. The van der Waals surface area contributed by atoms with E-state index in [1.165, 1.54) is 15.6 Å². The molecule has 3 aromatic rings. The van der Waals surface area contributed by atoms with Gasteiger partial charge in [-0.2, -0.15) is 4.31 Å². The van der Waals surface area contributed by atoms with Crippen molar-refractivity contribution >= 4 is 43.0 Å². The number of anilines is 1. The van der Waals surface area contributed by atoms with Crippen LogP contribution in [0, 0.1) is 5.41 Å². The molecule has 2 aliphatic heterocycles. The minimum absolute atomic E-state index is 0.0555. The van der Waals surface area contributed by atoms with Crippen molar-refractivity contribution in [1.82, 2.24) is 4.31 Å². The van der Waals surface area contributed by atoms with Gasteiger partial charge >= 0.3 is 0 Å². The first kappa shape index (κ1) is 18.8. The summed E-state index contributed by atoms with van der Waals surface area (Å²) < 4.78 is 29.6. The van der Waals surface area contributed by atoms with E-state index in [2.05, 4.69) is 0 Å². The predicted octanol–water partition coefficient (Wildman–Crippen LogP) is 4.11. The Morgan fingerprint density at radius 1 is 0.931 bits per heavy atom. The zero-order valence-electron chi connectivity index (χ0n) is 16.0. The smallest absolute Gasteiger partial charge is 0.252 e. The number of rotatable bonds is 3. The second kappa shape index (κ2) is 6.93. The molecule has 150 valence electrons. The molecule has 2 aromatic carbocycles. The third kappa shape index (κ3) is 3.08. The summed E-state index contributed by atoms with van der Waals surface area (Å²) in [6.45, 7) is 1.38. The van der Waals surface area contributed by atoms with Gasteiger partial charge in [0.05, 0.1) is 5.41 Å². The number of carbonyl (C=O) groups is 1. The summed E-state index contributed by atoms with van der Waals surface area (Å²) >= 11 is 1.30. The highest BCUT2D eigenvalue weighted by molar-refractivity contribution is 7.91. The van der Waals surface area contributed by atoms with Crippen LogP contribution in [-0.4, -0.2) is 38.3 Å². The number of hydrogen-bond acceptors (Lipinski definition) is 4. The fraction of sp³-hybridized carbons (Fsp3) is 0.318. The number of thiophene rings is 1. The molecule has 0 N–H and O–H groups in total. The zero-order chi connectivity index (χ0) is 20.1. The third-order valence-corrected chi connectivity index (χ3v) is 9.53. The van der Waals surface area contributed by atoms with Crippen LogP contribution >= 0.6 is 11.3 Å². The molecular formula is C22H22N2O3S2. The third-order valence-electron chi connectivity index (χ3n) is 6.12. The summed E-state index contributed by atoms with van der Waals surface area (Å²) in [5.74, 6) is 0.0555. The largest absolute Gasteiger partial charge is 0.312 e. The Morgan fingerprint density at radius 2 is 1.69 bits per heavy atom. The Morgan fingerprint density at radius 3 is 2.48 bits per heavy atom. The summed E-state index contributed by atoms with van der Waals surface area (Å²) in [6, 6.07) is 19.1. The summed E-state index contributed by atoms with van der Waals surface area (Å²) in [6.07, 6.45) is 2.14. The number of carbonyl (C=O) groups excluding carboxylic acids is 1. The molecule has 1 amide bonds. The van der Waals surface area contributed by atoms with Crippen molar-refractivity contribution in [1.29, 1.82) is 0 Å². The topological polar surface area (TPSA) is 57.7 Å². The van der Waals surface area contributed by atoms with E-state index in [4.69, 9.17) is 0 Å². The van der Waals surface area contributed by atoms with Gasteiger partial charge < -0.3 is 4.90 Å².